The van der Waals surface area contributed by atoms with E-state index in [0.717, 1.165) is 13.0 Å². The fourth-order valence-electron chi connectivity index (χ4n) is 1.09. The molecule has 86 valence electrons. The zero-order chi connectivity index (χ0) is 11.4. The van der Waals surface area contributed by atoms with Crippen molar-refractivity contribution in [1.29, 1.82) is 0 Å². The van der Waals surface area contributed by atoms with Crippen LogP contribution >= 0.6 is 0 Å². The Morgan fingerprint density at radius 2 is 1.71 bits per heavy atom. The molecule has 0 bridgehead atoms. The van der Waals surface area contributed by atoms with Gasteiger partial charge in [0.15, 0.2) is 0 Å². The molecule has 1 heteroatoms. The van der Waals surface area contributed by atoms with Gasteiger partial charge in [-0.1, -0.05) is 46.8 Å². The zero-order valence-electron chi connectivity index (χ0n) is 10.8. The molecule has 0 aromatic rings. The van der Waals surface area contributed by atoms with Crippen molar-refractivity contribution in [2.45, 2.75) is 47.5 Å². The van der Waals surface area contributed by atoms with Crippen molar-refractivity contribution < 1.29 is 4.74 Å². The molecule has 0 fully saturated rings. The highest BCUT2D eigenvalue weighted by Gasteiger charge is 2.00. The molecule has 0 rings (SSSR count). The summed E-state index contributed by atoms with van der Waals surface area (Å²) in [6.45, 7) is 11.5. The Balaban J connectivity index is 0. The lowest BCUT2D eigenvalue weighted by atomic mass is 10.0. The molecule has 1 unspecified atom stereocenters. The van der Waals surface area contributed by atoms with Gasteiger partial charge in [-0.25, -0.2) is 0 Å². The third-order valence-corrected chi connectivity index (χ3v) is 1.99. The van der Waals surface area contributed by atoms with Gasteiger partial charge in [0.25, 0.3) is 0 Å². The summed E-state index contributed by atoms with van der Waals surface area (Å²) in [4.78, 5) is 0. The predicted molar refractivity (Wildman–Crippen MR) is 65.6 cm³/mol. The second-order valence-electron chi connectivity index (χ2n) is 3.58. The van der Waals surface area contributed by atoms with Gasteiger partial charge >= 0.3 is 0 Å². The summed E-state index contributed by atoms with van der Waals surface area (Å²) >= 11 is 0. The van der Waals surface area contributed by atoms with E-state index in [0.29, 0.717) is 11.8 Å². The first-order valence-electron chi connectivity index (χ1n) is 5.88. The largest absolute Gasteiger partial charge is 0.385 e. The highest BCUT2D eigenvalue weighted by molar-refractivity contribution is 4.89. The molecule has 0 heterocycles. The average molecular weight is 200 g/mol. The van der Waals surface area contributed by atoms with Crippen molar-refractivity contribution >= 4 is 0 Å². The number of hydrogen-bond acceptors (Lipinski definition) is 1. The van der Waals surface area contributed by atoms with Crippen molar-refractivity contribution in [2.24, 2.45) is 11.8 Å². The Morgan fingerprint density at radius 3 is 2.07 bits per heavy atom. The average Bonchev–Trinajstić information content (AvgIpc) is 2.21. The summed E-state index contributed by atoms with van der Waals surface area (Å²) in [6.07, 6.45) is 6.97. The maximum absolute atomic E-state index is 5.05. The number of methoxy groups -OCH3 is 1. The Labute approximate surface area is 90.5 Å². The summed E-state index contributed by atoms with van der Waals surface area (Å²) in [5, 5.41) is 0. The summed E-state index contributed by atoms with van der Waals surface area (Å²) < 4.78 is 5.05. The number of hydrogen-bond donors (Lipinski definition) is 0. The fraction of sp³-hybridized carbons (Fsp3) is 0.846. The normalized spacial score (nSPS) is 12.8. The molecule has 0 saturated heterocycles. The third-order valence-electron chi connectivity index (χ3n) is 1.99. The van der Waals surface area contributed by atoms with Gasteiger partial charge in [-0.05, 0) is 24.7 Å². The highest BCUT2D eigenvalue weighted by Crippen LogP contribution is 2.11. The van der Waals surface area contributed by atoms with E-state index in [9.17, 15) is 0 Å². The van der Waals surface area contributed by atoms with Crippen molar-refractivity contribution in [1.82, 2.24) is 0 Å². The molecular weight excluding hydrogens is 172 g/mol. The molecule has 0 aromatic carbocycles. The molecular formula is C13H28O. The molecule has 14 heavy (non-hydrogen) atoms. The van der Waals surface area contributed by atoms with Gasteiger partial charge < -0.3 is 4.74 Å². The third kappa shape index (κ3) is 11.7. The summed E-state index contributed by atoms with van der Waals surface area (Å²) in [7, 11) is 1.76. The van der Waals surface area contributed by atoms with E-state index in [4.69, 9.17) is 4.74 Å². The van der Waals surface area contributed by atoms with Crippen molar-refractivity contribution in [3.8, 4) is 0 Å². The quantitative estimate of drug-likeness (QED) is 0.581. The van der Waals surface area contributed by atoms with Crippen molar-refractivity contribution in [2.75, 3.05) is 13.7 Å². The predicted octanol–water partition coefficient (Wildman–Crippen LogP) is 4.29. The van der Waals surface area contributed by atoms with Crippen LogP contribution in [-0.4, -0.2) is 13.7 Å². The monoisotopic (exact) mass is 200 g/mol. The van der Waals surface area contributed by atoms with Crippen LogP contribution in [0.4, 0.5) is 0 Å². The Hall–Kier alpha value is -0.300. The molecule has 1 nitrogen and oxygen atoms in total. The molecule has 0 aliphatic rings. The molecule has 0 aliphatic carbocycles. The standard InChI is InChI=1S/C11H22O.C2H6/c1-5-11(8-9-12-4)7-6-10(2)3;1-2/h6-7,10-11H,5,8-9H2,1-4H3;1-2H3/b7-6+;. The van der Waals surface area contributed by atoms with Gasteiger partial charge in [-0.2, -0.15) is 0 Å². The zero-order valence-corrected chi connectivity index (χ0v) is 10.8. The highest BCUT2D eigenvalue weighted by atomic mass is 16.5. The molecule has 0 aliphatic heterocycles. The fourth-order valence-corrected chi connectivity index (χ4v) is 1.09. The lowest BCUT2D eigenvalue weighted by Gasteiger charge is -2.09. The molecule has 0 aromatic heterocycles. The van der Waals surface area contributed by atoms with Crippen LogP contribution in [0.25, 0.3) is 0 Å². The van der Waals surface area contributed by atoms with E-state index >= 15 is 0 Å². The minimum Gasteiger partial charge on any atom is -0.385 e. The first kappa shape index (κ1) is 16.1. The molecule has 0 radical (unpaired) electrons. The van der Waals surface area contributed by atoms with Crippen LogP contribution in [0.1, 0.15) is 47.5 Å². The summed E-state index contributed by atoms with van der Waals surface area (Å²) in [5.74, 6) is 1.37. The number of allylic oxidation sites excluding steroid dienone is 2. The van der Waals surface area contributed by atoms with Crippen LogP contribution in [-0.2, 0) is 4.74 Å². The van der Waals surface area contributed by atoms with E-state index in [-0.39, 0.29) is 0 Å². The van der Waals surface area contributed by atoms with Crippen molar-refractivity contribution in [3.63, 3.8) is 0 Å². The number of ether oxygens (including phenoxy) is 1. The lowest BCUT2D eigenvalue weighted by Crippen LogP contribution is -2.00. The smallest absolute Gasteiger partial charge is 0.0467 e. The maximum Gasteiger partial charge on any atom is 0.0467 e. The SMILES string of the molecule is CC.CCC(/C=C/C(C)C)CCOC. The number of rotatable bonds is 6. The van der Waals surface area contributed by atoms with Crippen LogP contribution in [0, 0.1) is 11.8 Å². The lowest BCUT2D eigenvalue weighted by molar-refractivity contribution is 0.183. The van der Waals surface area contributed by atoms with Crippen LogP contribution in [0.15, 0.2) is 12.2 Å². The van der Waals surface area contributed by atoms with Crippen molar-refractivity contribution in [3.05, 3.63) is 12.2 Å². The Kier molecular flexibility index (Phi) is 14.6. The van der Waals surface area contributed by atoms with E-state index in [1.54, 1.807) is 7.11 Å². The van der Waals surface area contributed by atoms with E-state index in [1.165, 1.54) is 6.42 Å². The van der Waals surface area contributed by atoms with Gasteiger partial charge in [-0.15, -0.1) is 0 Å². The second kappa shape index (κ2) is 12.7. The minimum atomic E-state index is 0.668. The summed E-state index contributed by atoms with van der Waals surface area (Å²) in [5.41, 5.74) is 0. The molecule has 0 saturated carbocycles. The molecule has 1 atom stereocenters. The topological polar surface area (TPSA) is 9.23 Å². The van der Waals surface area contributed by atoms with E-state index in [2.05, 4.69) is 32.9 Å². The van der Waals surface area contributed by atoms with Gasteiger partial charge in [0, 0.05) is 13.7 Å². The maximum atomic E-state index is 5.05. The van der Waals surface area contributed by atoms with Gasteiger partial charge in [-0.3, -0.25) is 0 Å². The molecule has 0 N–H and O–H groups in total. The van der Waals surface area contributed by atoms with Crippen LogP contribution < -0.4 is 0 Å². The van der Waals surface area contributed by atoms with E-state index in [1.807, 2.05) is 13.8 Å². The first-order valence-corrected chi connectivity index (χ1v) is 5.88. The Bertz CT molecular complexity index is 116. The van der Waals surface area contributed by atoms with Crippen LogP contribution in [0.2, 0.25) is 0 Å². The van der Waals surface area contributed by atoms with Gasteiger partial charge in [0.1, 0.15) is 0 Å². The van der Waals surface area contributed by atoms with Crippen LogP contribution in [0.5, 0.6) is 0 Å². The van der Waals surface area contributed by atoms with Gasteiger partial charge in [0.05, 0.1) is 0 Å². The molecule has 0 spiro atoms. The Morgan fingerprint density at radius 1 is 1.14 bits per heavy atom. The van der Waals surface area contributed by atoms with E-state index < -0.39 is 0 Å². The van der Waals surface area contributed by atoms with Crippen LogP contribution in [0.3, 0.4) is 0 Å². The van der Waals surface area contributed by atoms with Gasteiger partial charge in [0.2, 0.25) is 0 Å². The first-order chi connectivity index (χ1) is 6.70. The minimum absolute atomic E-state index is 0.668. The summed E-state index contributed by atoms with van der Waals surface area (Å²) in [6, 6.07) is 0. The molecule has 0 amide bonds. The second-order valence-corrected chi connectivity index (χ2v) is 3.58.